The maximum atomic E-state index is 12.7. The molecule has 0 fully saturated rings. The van der Waals surface area contributed by atoms with Gasteiger partial charge in [0.1, 0.15) is 5.82 Å². The lowest BCUT2D eigenvalue weighted by Gasteiger charge is -2.21. The van der Waals surface area contributed by atoms with E-state index in [-0.39, 0.29) is 11.9 Å². The zero-order valence-electron chi connectivity index (χ0n) is 9.50. The van der Waals surface area contributed by atoms with Crippen LogP contribution in [-0.2, 0) is 0 Å². The molecule has 1 rings (SSSR count). The summed E-state index contributed by atoms with van der Waals surface area (Å²) in [6, 6.07) is 3.15. The quantitative estimate of drug-likeness (QED) is 0.857. The molecule has 1 aromatic rings. The van der Waals surface area contributed by atoms with E-state index < -0.39 is 0 Å². The van der Waals surface area contributed by atoms with Crippen LogP contribution in [0.3, 0.4) is 0 Å². The van der Waals surface area contributed by atoms with Gasteiger partial charge in [0.25, 0.3) is 0 Å². The van der Waals surface area contributed by atoms with Crippen LogP contribution in [0, 0.1) is 11.7 Å². The van der Waals surface area contributed by atoms with Crippen molar-refractivity contribution in [3.8, 4) is 0 Å². The van der Waals surface area contributed by atoms with Crippen molar-refractivity contribution in [2.24, 2.45) is 5.92 Å². The fourth-order valence-corrected chi connectivity index (χ4v) is 1.55. The fraction of sp³-hybridized carbons (Fsp3) is 0.417. The largest absolute Gasteiger partial charge is 0.303 e. The Morgan fingerprint density at radius 3 is 2.69 bits per heavy atom. The van der Waals surface area contributed by atoms with Crippen LogP contribution in [-0.4, -0.2) is 11.5 Å². The number of halogens is 2. The molecule has 0 aliphatic carbocycles. The third-order valence-corrected chi connectivity index (χ3v) is 2.38. The number of nitrogens with zero attached hydrogens (tertiary/aromatic N) is 1. The summed E-state index contributed by atoms with van der Waals surface area (Å²) in [6.45, 7) is 8.27. The Kier molecular flexibility index (Phi) is 4.90. The van der Waals surface area contributed by atoms with Gasteiger partial charge in [0.05, 0.1) is 17.9 Å². The van der Waals surface area contributed by atoms with Crippen LogP contribution in [0.1, 0.15) is 25.6 Å². The van der Waals surface area contributed by atoms with Crippen molar-refractivity contribution in [3.63, 3.8) is 0 Å². The average Bonchev–Trinajstić information content (AvgIpc) is 2.20. The first kappa shape index (κ1) is 13.1. The summed E-state index contributed by atoms with van der Waals surface area (Å²) in [4.78, 5) is 4.07. The van der Waals surface area contributed by atoms with E-state index >= 15 is 0 Å². The molecule has 0 saturated carbocycles. The number of aromatic nitrogens is 1. The second-order valence-electron chi connectivity index (χ2n) is 4.02. The lowest BCUT2D eigenvalue weighted by molar-refractivity contribution is 0.418. The standard InChI is InChI=1S/C12H16ClFN2/c1-8(2)12(16-6-9(3)13)11-5-4-10(14)7-15-11/h4-5,7-8,12,16H,3,6H2,1-2H3. The predicted octanol–water partition coefficient (Wildman–Crippen LogP) is 3.26. The van der Waals surface area contributed by atoms with E-state index in [9.17, 15) is 4.39 Å². The molecule has 0 radical (unpaired) electrons. The lowest BCUT2D eigenvalue weighted by atomic mass is 10.0. The molecule has 4 heteroatoms. The summed E-state index contributed by atoms with van der Waals surface area (Å²) >= 11 is 5.70. The third kappa shape index (κ3) is 3.91. The van der Waals surface area contributed by atoms with Crippen molar-refractivity contribution < 1.29 is 4.39 Å². The van der Waals surface area contributed by atoms with Crippen LogP contribution in [0.2, 0.25) is 0 Å². The Morgan fingerprint density at radius 1 is 1.56 bits per heavy atom. The number of hydrogen-bond acceptors (Lipinski definition) is 2. The number of rotatable bonds is 5. The minimum absolute atomic E-state index is 0.0519. The van der Waals surface area contributed by atoms with Gasteiger partial charge < -0.3 is 5.32 Å². The molecule has 2 nitrogen and oxygen atoms in total. The first-order chi connectivity index (χ1) is 7.50. The summed E-state index contributed by atoms with van der Waals surface area (Å²) < 4.78 is 12.7. The molecule has 1 heterocycles. The van der Waals surface area contributed by atoms with Crippen molar-refractivity contribution >= 4 is 11.6 Å². The topological polar surface area (TPSA) is 24.9 Å². The maximum Gasteiger partial charge on any atom is 0.141 e. The summed E-state index contributed by atoms with van der Waals surface area (Å²) in [7, 11) is 0. The van der Waals surface area contributed by atoms with Gasteiger partial charge in [-0.05, 0) is 18.1 Å². The average molecular weight is 243 g/mol. The van der Waals surface area contributed by atoms with Gasteiger partial charge in [-0.2, -0.15) is 0 Å². The third-order valence-electron chi connectivity index (χ3n) is 2.25. The van der Waals surface area contributed by atoms with Crippen LogP contribution in [0.5, 0.6) is 0 Å². The summed E-state index contributed by atoms with van der Waals surface area (Å²) in [5, 5.41) is 3.79. The van der Waals surface area contributed by atoms with Gasteiger partial charge in [0.15, 0.2) is 0 Å². The van der Waals surface area contributed by atoms with Gasteiger partial charge >= 0.3 is 0 Å². The molecule has 88 valence electrons. The number of pyridine rings is 1. The molecule has 0 aromatic carbocycles. The van der Waals surface area contributed by atoms with Crippen LogP contribution in [0.25, 0.3) is 0 Å². The lowest BCUT2D eigenvalue weighted by Crippen LogP contribution is -2.27. The summed E-state index contributed by atoms with van der Waals surface area (Å²) in [6.07, 6.45) is 1.22. The van der Waals surface area contributed by atoms with Gasteiger partial charge in [-0.15, -0.1) is 0 Å². The summed E-state index contributed by atoms with van der Waals surface area (Å²) in [5.41, 5.74) is 0.814. The highest BCUT2D eigenvalue weighted by Crippen LogP contribution is 2.20. The molecule has 0 amide bonds. The second-order valence-corrected chi connectivity index (χ2v) is 4.56. The maximum absolute atomic E-state index is 12.7. The van der Waals surface area contributed by atoms with E-state index in [0.29, 0.717) is 17.5 Å². The normalized spacial score (nSPS) is 12.8. The molecule has 0 aliphatic heterocycles. The van der Waals surface area contributed by atoms with E-state index in [1.807, 2.05) is 0 Å². The Morgan fingerprint density at radius 2 is 2.25 bits per heavy atom. The molecular formula is C12H16ClFN2. The molecule has 0 spiro atoms. The molecule has 1 aromatic heterocycles. The predicted molar refractivity (Wildman–Crippen MR) is 64.8 cm³/mol. The Bertz CT molecular complexity index is 349. The molecule has 0 aliphatic rings. The van der Waals surface area contributed by atoms with E-state index in [1.165, 1.54) is 12.3 Å². The van der Waals surface area contributed by atoms with Crippen molar-refractivity contribution in [2.45, 2.75) is 19.9 Å². The molecule has 0 bridgehead atoms. The SMILES string of the molecule is C=C(Cl)CNC(c1ccc(F)cn1)C(C)C. The van der Waals surface area contributed by atoms with Gasteiger partial charge in [0, 0.05) is 11.6 Å². The Balaban J connectivity index is 2.77. The fourth-order valence-electron chi connectivity index (χ4n) is 1.47. The Hall–Kier alpha value is -0.930. The zero-order valence-corrected chi connectivity index (χ0v) is 10.3. The van der Waals surface area contributed by atoms with E-state index in [4.69, 9.17) is 11.6 Å². The van der Waals surface area contributed by atoms with Gasteiger partial charge in [-0.1, -0.05) is 32.0 Å². The van der Waals surface area contributed by atoms with Crippen LogP contribution >= 0.6 is 11.6 Å². The highest BCUT2D eigenvalue weighted by molar-refractivity contribution is 6.29. The van der Waals surface area contributed by atoms with Gasteiger partial charge in [-0.25, -0.2) is 4.39 Å². The smallest absolute Gasteiger partial charge is 0.141 e. The highest BCUT2D eigenvalue weighted by Gasteiger charge is 2.16. The van der Waals surface area contributed by atoms with Crippen LogP contribution < -0.4 is 5.32 Å². The Labute approximate surface area is 101 Å². The van der Waals surface area contributed by atoms with Crippen LogP contribution in [0.15, 0.2) is 29.9 Å². The monoisotopic (exact) mass is 242 g/mol. The van der Waals surface area contributed by atoms with Crippen molar-refractivity contribution in [2.75, 3.05) is 6.54 Å². The number of nitrogens with one attached hydrogen (secondary N) is 1. The molecule has 1 atom stereocenters. The second kappa shape index (κ2) is 5.97. The van der Waals surface area contributed by atoms with Crippen molar-refractivity contribution in [3.05, 3.63) is 41.5 Å². The van der Waals surface area contributed by atoms with Crippen molar-refractivity contribution in [1.82, 2.24) is 10.3 Å². The van der Waals surface area contributed by atoms with E-state index in [1.54, 1.807) is 6.07 Å². The summed E-state index contributed by atoms with van der Waals surface area (Å²) in [5.74, 6) is 0.0157. The molecule has 16 heavy (non-hydrogen) atoms. The molecule has 0 saturated heterocycles. The highest BCUT2D eigenvalue weighted by atomic mass is 35.5. The van der Waals surface area contributed by atoms with Crippen LogP contribution in [0.4, 0.5) is 4.39 Å². The molecule has 1 unspecified atom stereocenters. The van der Waals surface area contributed by atoms with Gasteiger partial charge in [-0.3, -0.25) is 4.98 Å². The molecule has 1 N–H and O–H groups in total. The number of hydrogen-bond donors (Lipinski definition) is 1. The van der Waals surface area contributed by atoms with Crippen molar-refractivity contribution in [1.29, 1.82) is 0 Å². The zero-order chi connectivity index (χ0) is 12.1. The van der Waals surface area contributed by atoms with E-state index in [2.05, 4.69) is 30.7 Å². The minimum Gasteiger partial charge on any atom is -0.303 e. The van der Waals surface area contributed by atoms with E-state index in [0.717, 1.165) is 5.69 Å². The first-order valence-corrected chi connectivity index (χ1v) is 5.56. The minimum atomic E-state index is -0.326. The molecular weight excluding hydrogens is 227 g/mol. The first-order valence-electron chi connectivity index (χ1n) is 5.19. The van der Waals surface area contributed by atoms with Gasteiger partial charge in [0.2, 0.25) is 0 Å².